The van der Waals surface area contributed by atoms with E-state index in [-0.39, 0.29) is 34.5 Å². The monoisotopic (exact) mass is 387 g/mol. The number of aromatic nitrogens is 3. The first-order valence-electron chi connectivity index (χ1n) is 8.07. The first-order valence-corrected chi connectivity index (χ1v) is 8.07. The Hall–Kier alpha value is -3.89. The molecule has 10 nitrogen and oxygen atoms in total. The third kappa shape index (κ3) is 3.24. The molecule has 1 N–H and O–H groups in total. The van der Waals surface area contributed by atoms with Gasteiger partial charge in [0, 0.05) is 24.7 Å². The number of hydrogen-bond donors (Lipinski definition) is 1. The predicted molar refractivity (Wildman–Crippen MR) is 95.5 cm³/mol. The lowest BCUT2D eigenvalue weighted by atomic mass is 10.1. The minimum atomic E-state index is -0.867. The summed E-state index contributed by atoms with van der Waals surface area (Å²) in [6.45, 7) is 1.75. The largest absolute Gasteiger partial charge is 0.462 e. The van der Waals surface area contributed by atoms with Crippen LogP contribution >= 0.6 is 0 Å². The predicted octanol–water partition coefficient (Wildman–Crippen LogP) is 2.44. The second-order valence-electron chi connectivity index (χ2n) is 5.61. The van der Waals surface area contributed by atoms with Gasteiger partial charge >= 0.3 is 5.97 Å². The lowest BCUT2D eigenvalue weighted by molar-refractivity contribution is -0.383. The number of carbonyl (C=O) groups is 2. The Bertz CT molecular complexity index is 1110. The Labute approximate surface area is 157 Å². The molecule has 0 saturated heterocycles. The second kappa shape index (κ2) is 7.39. The standard InChI is InChI=1S/C17H14FN5O5/c1-3-28-17(25)10-8-20-22(2)15(10)21-16(24)14-13-9(6-7-19-14)11(18)4-5-12(13)23(26)27/h4-8H,3H2,1-2H3,(H,21,24). The van der Waals surface area contributed by atoms with E-state index in [1.165, 1.54) is 30.2 Å². The number of fused-ring (bicyclic) bond motifs is 1. The molecule has 0 atom stereocenters. The van der Waals surface area contributed by atoms with Gasteiger partial charge in [-0.3, -0.25) is 24.6 Å². The van der Waals surface area contributed by atoms with Crippen LogP contribution in [0, 0.1) is 15.9 Å². The Morgan fingerprint density at radius 3 is 2.79 bits per heavy atom. The van der Waals surface area contributed by atoms with Gasteiger partial charge in [-0.15, -0.1) is 0 Å². The van der Waals surface area contributed by atoms with E-state index in [4.69, 9.17) is 4.74 Å². The third-order valence-corrected chi connectivity index (χ3v) is 3.93. The van der Waals surface area contributed by atoms with Crippen LogP contribution in [-0.4, -0.2) is 38.2 Å². The highest BCUT2D eigenvalue weighted by Gasteiger charge is 2.25. The number of pyridine rings is 1. The quantitative estimate of drug-likeness (QED) is 0.404. The Balaban J connectivity index is 2.09. The molecule has 3 rings (SSSR count). The van der Waals surface area contributed by atoms with Crippen LogP contribution in [0.2, 0.25) is 0 Å². The maximum Gasteiger partial charge on any atom is 0.343 e. The van der Waals surface area contributed by atoms with E-state index in [0.717, 1.165) is 12.1 Å². The van der Waals surface area contributed by atoms with Gasteiger partial charge in [-0.2, -0.15) is 5.10 Å². The van der Waals surface area contributed by atoms with Gasteiger partial charge < -0.3 is 10.1 Å². The van der Waals surface area contributed by atoms with Gasteiger partial charge in [0.2, 0.25) is 0 Å². The van der Waals surface area contributed by atoms with Gasteiger partial charge in [-0.25, -0.2) is 9.18 Å². The maximum absolute atomic E-state index is 14.1. The summed E-state index contributed by atoms with van der Waals surface area (Å²) in [6.07, 6.45) is 2.38. The Morgan fingerprint density at radius 1 is 1.36 bits per heavy atom. The van der Waals surface area contributed by atoms with Crippen molar-refractivity contribution in [3.8, 4) is 0 Å². The molecule has 0 aliphatic rings. The molecule has 0 saturated carbocycles. The van der Waals surface area contributed by atoms with Gasteiger partial charge in [0.25, 0.3) is 11.6 Å². The minimum Gasteiger partial charge on any atom is -0.462 e. The highest BCUT2D eigenvalue weighted by molar-refractivity contribution is 6.14. The SMILES string of the molecule is CCOC(=O)c1cnn(C)c1NC(=O)c1nccc2c(F)ccc([N+](=O)[O-])c12. The molecule has 144 valence electrons. The fourth-order valence-electron chi connectivity index (χ4n) is 2.68. The van der Waals surface area contributed by atoms with Crippen molar-refractivity contribution in [3.05, 3.63) is 57.8 Å². The molecule has 11 heteroatoms. The fourth-order valence-corrected chi connectivity index (χ4v) is 2.68. The Kier molecular flexibility index (Phi) is 4.98. The number of hydrogen-bond acceptors (Lipinski definition) is 7. The average Bonchev–Trinajstić information content (AvgIpc) is 3.02. The van der Waals surface area contributed by atoms with Crippen molar-refractivity contribution in [2.45, 2.75) is 6.92 Å². The number of ether oxygens (including phenoxy) is 1. The third-order valence-electron chi connectivity index (χ3n) is 3.93. The van der Waals surface area contributed by atoms with Gasteiger partial charge in [0.15, 0.2) is 0 Å². The molecule has 0 bridgehead atoms. The number of nitrogens with zero attached hydrogens (tertiary/aromatic N) is 4. The number of amides is 1. The molecule has 1 aromatic carbocycles. The molecule has 3 aromatic rings. The number of aryl methyl sites for hydroxylation is 1. The van der Waals surface area contributed by atoms with E-state index in [2.05, 4.69) is 15.4 Å². The maximum atomic E-state index is 14.1. The Morgan fingerprint density at radius 2 is 2.11 bits per heavy atom. The van der Waals surface area contributed by atoms with Crippen LogP contribution in [0.3, 0.4) is 0 Å². The zero-order valence-corrected chi connectivity index (χ0v) is 14.8. The van der Waals surface area contributed by atoms with Crippen LogP contribution in [-0.2, 0) is 11.8 Å². The van der Waals surface area contributed by atoms with Crippen molar-refractivity contribution in [3.63, 3.8) is 0 Å². The first-order chi connectivity index (χ1) is 13.3. The van der Waals surface area contributed by atoms with Crippen LogP contribution in [0.15, 0.2) is 30.6 Å². The van der Waals surface area contributed by atoms with Crippen molar-refractivity contribution in [1.29, 1.82) is 0 Å². The fraction of sp³-hybridized carbons (Fsp3) is 0.176. The molecular formula is C17H14FN5O5. The lowest BCUT2D eigenvalue weighted by Gasteiger charge is -2.10. The summed E-state index contributed by atoms with van der Waals surface area (Å²) >= 11 is 0. The van der Waals surface area contributed by atoms with E-state index >= 15 is 0 Å². The van der Waals surface area contributed by atoms with E-state index in [9.17, 15) is 24.1 Å². The van der Waals surface area contributed by atoms with Gasteiger partial charge in [-0.1, -0.05) is 0 Å². The lowest BCUT2D eigenvalue weighted by Crippen LogP contribution is -2.19. The average molecular weight is 387 g/mol. The van der Waals surface area contributed by atoms with Crippen molar-refractivity contribution in [2.24, 2.45) is 7.05 Å². The first kappa shape index (κ1) is 18.9. The molecule has 2 heterocycles. The number of carbonyl (C=O) groups excluding carboxylic acids is 2. The summed E-state index contributed by atoms with van der Waals surface area (Å²) in [6, 6.07) is 3.15. The number of rotatable bonds is 5. The molecule has 1 amide bonds. The molecule has 0 radical (unpaired) electrons. The van der Waals surface area contributed by atoms with Crippen molar-refractivity contribution >= 4 is 34.2 Å². The van der Waals surface area contributed by atoms with E-state index in [0.29, 0.717) is 0 Å². The highest BCUT2D eigenvalue weighted by atomic mass is 19.1. The normalized spacial score (nSPS) is 10.7. The topological polar surface area (TPSA) is 129 Å². The number of non-ortho nitro benzene ring substituents is 1. The van der Waals surface area contributed by atoms with E-state index in [1.807, 2.05) is 0 Å². The molecule has 0 spiro atoms. The zero-order valence-electron chi connectivity index (χ0n) is 14.8. The number of benzene rings is 1. The van der Waals surface area contributed by atoms with Gasteiger partial charge in [-0.05, 0) is 19.1 Å². The summed E-state index contributed by atoms with van der Waals surface area (Å²) in [7, 11) is 1.48. The van der Waals surface area contributed by atoms with Crippen LogP contribution in [0.4, 0.5) is 15.9 Å². The van der Waals surface area contributed by atoms with Crippen molar-refractivity contribution in [2.75, 3.05) is 11.9 Å². The number of anilines is 1. The summed E-state index contributed by atoms with van der Waals surface area (Å²) < 4.78 is 20.2. The molecule has 0 fully saturated rings. The van der Waals surface area contributed by atoms with Gasteiger partial charge in [0.1, 0.15) is 22.9 Å². The highest BCUT2D eigenvalue weighted by Crippen LogP contribution is 2.30. The number of nitro groups is 1. The summed E-state index contributed by atoms with van der Waals surface area (Å²) in [4.78, 5) is 39.3. The molecule has 0 aliphatic carbocycles. The van der Waals surface area contributed by atoms with E-state index in [1.54, 1.807) is 6.92 Å². The molecule has 28 heavy (non-hydrogen) atoms. The second-order valence-corrected chi connectivity index (χ2v) is 5.61. The number of nitrogens with one attached hydrogen (secondary N) is 1. The molecule has 2 aromatic heterocycles. The number of halogens is 1. The van der Waals surface area contributed by atoms with Crippen LogP contribution in [0.1, 0.15) is 27.8 Å². The van der Waals surface area contributed by atoms with Crippen molar-refractivity contribution in [1.82, 2.24) is 14.8 Å². The summed E-state index contributed by atoms with van der Waals surface area (Å²) in [5, 5.41) is 17.3. The number of esters is 1. The zero-order chi connectivity index (χ0) is 20.4. The molecular weight excluding hydrogens is 373 g/mol. The van der Waals surface area contributed by atoms with Crippen LogP contribution in [0.5, 0.6) is 0 Å². The molecule has 0 unspecified atom stereocenters. The van der Waals surface area contributed by atoms with Gasteiger partial charge in [0.05, 0.1) is 23.1 Å². The summed E-state index contributed by atoms with van der Waals surface area (Å²) in [5.41, 5.74) is -0.830. The smallest absolute Gasteiger partial charge is 0.343 e. The minimum absolute atomic E-state index is 0.00128. The van der Waals surface area contributed by atoms with Crippen LogP contribution in [0.25, 0.3) is 10.8 Å². The molecule has 0 aliphatic heterocycles. The van der Waals surface area contributed by atoms with E-state index < -0.39 is 28.3 Å². The summed E-state index contributed by atoms with van der Waals surface area (Å²) in [5.74, 6) is -2.28. The number of nitro benzene ring substituents is 1. The van der Waals surface area contributed by atoms with Crippen molar-refractivity contribution < 1.29 is 23.6 Å². The van der Waals surface area contributed by atoms with Crippen LogP contribution < -0.4 is 5.32 Å².